The summed E-state index contributed by atoms with van der Waals surface area (Å²) in [5, 5.41) is 4.07. The molecule has 0 aliphatic carbocycles. The van der Waals surface area contributed by atoms with Crippen molar-refractivity contribution in [2.24, 2.45) is 0 Å². The summed E-state index contributed by atoms with van der Waals surface area (Å²) in [4.78, 5) is 9.15. The summed E-state index contributed by atoms with van der Waals surface area (Å²) in [7, 11) is 1.95. The van der Waals surface area contributed by atoms with Gasteiger partial charge in [-0.3, -0.25) is 0 Å². The number of imidazole rings is 1. The first-order valence-corrected chi connectivity index (χ1v) is 8.34. The average molecular weight is 362 g/mol. The Bertz CT molecular complexity index is 782. The Morgan fingerprint density at radius 3 is 2.86 bits per heavy atom. The van der Waals surface area contributed by atoms with Crippen LogP contribution >= 0.6 is 27.7 Å². The first kappa shape index (κ1) is 14.6. The molecular formula is C16H16BrN3S. The van der Waals surface area contributed by atoms with Crippen LogP contribution in [0.2, 0.25) is 0 Å². The summed E-state index contributed by atoms with van der Waals surface area (Å²) in [6.07, 6.45) is 0. The van der Waals surface area contributed by atoms with E-state index in [1.165, 1.54) is 11.1 Å². The maximum absolute atomic E-state index is 4.62. The average Bonchev–Trinajstić information content (AvgIpc) is 2.83. The lowest BCUT2D eigenvalue weighted by atomic mass is 10.2. The molecule has 3 nitrogen and oxygen atoms in total. The normalized spacial score (nSPS) is 11.2. The molecule has 0 fully saturated rings. The van der Waals surface area contributed by atoms with Gasteiger partial charge in [-0.2, -0.15) is 0 Å². The van der Waals surface area contributed by atoms with Crippen molar-refractivity contribution in [2.75, 3.05) is 7.05 Å². The number of hydrogen-bond acceptors (Lipinski definition) is 3. The molecule has 0 amide bonds. The summed E-state index contributed by atoms with van der Waals surface area (Å²) < 4.78 is 1.09. The first-order chi connectivity index (χ1) is 10.2. The zero-order valence-electron chi connectivity index (χ0n) is 11.9. The van der Waals surface area contributed by atoms with Crippen LogP contribution in [0.1, 0.15) is 11.1 Å². The minimum atomic E-state index is 0.869. The Morgan fingerprint density at radius 1 is 1.24 bits per heavy atom. The van der Waals surface area contributed by atoms with E-state index in [1.54, 1.807) is 11.8 Å². The van der Waals surface area contributed by atoms with Gasteiger partial charge in [0.25, 0.3) is 0 Å². The van der Waals surface area contributed by atoms with Crippen LogP contribution in [0.3, 0.4) is 0 Å². The molecule has 0 saturated heterocycles. The van der Waals surface area contributed by atoms with E-state index in [1.807, 2.05) is 7.05 Å². The van der Waals surface area contributed by atoms with E-state index < -0.39 is 0 Å². The molecule has 0 atom stereocenters. The van der Waals surface area contributed by atoms with Gasteiger partial charge in [0, 0.05) is 15.9 Å². The van der Waals surface area contributed by atoms with Crippen molar-refractivity contribution in [1.29, 1.82) is 0 Å². The van der Waals surface area contributed by atoms with E-state index in [0.717, 1.165) is 32.1 Å². The molecule has 0 unspecified atom stereocenters. The SMILES string of the molecule is CNCc1ccc(Sc2nc3ccc(C)cc3[nH]2)c(Br)c1. The number of H-pyrrole nitrogens is 1. The van der Waals surface area contributed by atoms with Gasteiger partial charge in [0.1, 0.15) is 0 Å². The molecule has 21 heavy (non-hydrogen) atoms. The van der Waals surface area contributed by atoms with Gasteiger partial charge in [-0.25, -0.2) is 4.98 Å². The van der Waals surface area contributed by atoms with Crippen molar-refractivity contribution in [3.63, 3.8) is 0 Å². The van der Waals surface area contributed by atoms with Crippen LogP contribution in [0.5, 0.6) is 0 Å². The lowest BCUT2D eigenvalue weighted by Crippen LogP contribution is -2.04. The van der Waals surface area contributed by atoms with Crippen LogP contribution in [0.25, 0.3) is 11.0 Å². The van der Waals surface area contributed by atoms with Gasteiger partial charge in [0.05, 0.1) is 11.0 Å². The number of benzene rings is 2. The molecule has 0 aliphatic rings. The van der Waals surface area contributed by atoms with E-state index >= 15 is 0 Å². The van der Waals surface area contributed by atoms with Crippen molar-refractivity contribution in [3.8, 4) is 0 Å². The zero-order chi connectivity index (χ0) is 14.8. The maximum Gasteiger partial charge on any atom is 0.171 e. The molecule has 1 heterocycles. The predicted molar refractivity (Wildman–Crippen MR) is 91.9 cm³/mol. The second-order valence-corrected chi connectivity index (χ2v) is 6.84. The number of aromatic amines is 1. The fourth-order valence-corrected chi connectivity index (χ4v) is 3.67. The highest BCUT2D eigenvalue weighted by molar-refractivity contribution is 9.10. The monoisotopic (exact) mass is 361 g/mol. The summed E-state index contributed by atoms with van der Waals surface area (Å²) >= 11 is 5.28. The summed E-state index contributed by atoms with van der Waals surface area (Å²) in [6, 6.07) is 12.7. The van der Waals surface area contributed by atoms with Crippen molar-refractivity contribution in [1.82, 2.24) is 15.3 Å². The molecule has 0 bridgehead atoms. The van der Waals surface area contributed by atoms with Gasteiger partial charge in [-0.15, -0.1) is 0 Å². The van der Waals surface area contributed by atoms with Gasteiger partial charge in [0.2, 0.25) is 0 Å². The van der Waals surface area contributed by atoms with Crippen molar-refractivity contribution < 1.29 is 0 Å². The number of aryl methyl sites for hydroxylation is 1. The van der Waals surface area contributed by atoms with Gasteiger partial charge in [0.15, 0.2) is 5.16 Å². The second-order valence-electron chi connectivity index (χ2n) is 4.96. The minimum absolute atomic E-state index is 0.869. The van der Waals surface area contributed by atoms with Crippen LogP contribution in [0.15, 0.2) is 50.9 Å². The highest BCUT2D eigenvalue weighted by Crippen LogP contribution is 2.33. The van der Waals surface area contributed by atoms with Crippen LogP contribution in [-0.4, -0.2) is 17.0 Å². The molecule has 0 saturated carbocycles. The number of nitrogens with one attached hydrogen (secondary N) is 2. The largest absolute Gasteiger partial charge is 0.333 e. The quantitative estimate of drug-likeness (QED) is 0.718. The fourth-order valence-electron chi connectivity index (χ4n) is 2.19. The third-order valence-electron chi connectivity index (χ3n) is 3.20. The van der Waals surface area contributed by atoms with Crippen LogP contribution < -0.4 is 5.32 Å². The lowest BCUT2D eigenvalue weighted by molar-refractivity contribution is 0.816. The molecule has 108 valence electrons. The Morgan fingerprint density at radius 2 is 2.10 bits per heavy atom. The third kappa shape index (κ3) is 3.31. The van der Waals surface area contributed by atoms with E-state index in [-0.39, 0.29) is 0 Å². The number of aromatic nitrogens is 2. The van der Waals surface area contributed by atoms with E-state index in [4.69, 9.17) is 0 Å². The molecular weight excluding hydrogens is 346 g/mol. The molecule has 3 rings (SSSR count). The highest BCUT2D eigenvalue weighted by Gasteiger charge is 2.08. The van der Waals surface area contributed by atoms with Gasteiger partial charge in [-0.05, 0) is 65.3 Å². The first-order valence-electron chi connectivity index (χ1n) is 6.73. The van der Waals surface area contributed by atoms with E-state index in [0.29, 0.717) is 0 Å². The number of hydrogen-bond donors (Lipinski definition) is 2. The van der Waals surface area contributed by atoms with Crippen LogP contribution in [-0.2, 0) is 6.54 Å². The lowest BCUT2D eigenvalue weighted by Gasteiger charge is -2.05. The summed E-state index contributed by atoms with van der Waals surface area (Å²) in [5.74, 6) is 0. The summed E-state index contributed by atoms with van der Waals surface area (Å²) in [6.45, 7) is 2.96. The standard InChI is InChI=1S/C16H16BrN3S/c1-10-3-5-13-14(7-10)20-16(19-13)21-15-6-4-11(9-18-2)8-12(15)17/h3-8,18H,9H2,1-2H3,(H,19,20). The molecule has 3 aromatic rings. The van der Waals surface area contributed by atoms with Crippen LogP contribution in [0.4, 0.5) is 0 Å². The molecule has 5 heteroatoms. The molecule has 2 N–H and O–H groups in total. The van der Waals surface area contributed by atoms with E-state index in [9.17, 15) is 0 Å². The Balaban J connectivity index is 1.87. The van der Waals surface area contributed by atoms with E-state index in [2.05, 4.69) is 74.5 Å². The number of halogens is 1. The number of fused-ring (bicyclic) bond motifs is 1. The topological polar surface area (TPSA) is 40.7 Å². The molecule has 2 aromatic carbocycles. The molecule has 0 spiro atoms. The second kappa shape index (κ2) is 6.22. The Kier molecular flexibility index (Phi) is 4.33. The maximum atomic E-state index is 4.62. The Labute approximate surface area is 136 Å². The zero-order valence-corrected chi connectivity index (χ0v) is 14.3. The fraction of sp³-hybridized carbons (Fsp3) is 0.188. The molecule has 1 aromatic heterocycles. The number of nitrogens with zero attached hydrogens (tertiary/aromatic N) is 1. The van der Waals surface area contributed by atoms with Crippen molar-refractivity contribution >= 4 is 38.7 Å². The Hall–Kier alpha value is -1.30. The smallest absolute Gasteiger partial charge is 0.171 e. The highest BCUT2D eigenvalue weighted by atomic mass is 79.9. The minimum Gasteiger partial charge on any atom is -0.333 e. The van der Waals surface area contributed by atoms with Crippen molar-refractivity contribution in [2.45, 2.75) is 23.5 Å². The van der Waals surface area contributed by atoms with Crippen molar-refractivity contribution in [3.05, 3.63) is 52.0 Å². The van der Waals surface area contributed by atoms with Gasteiger partial charge < -0.3 is 10.3 Å². The molecule has 0 radical (unpaired) electrons. The van der Waals surface area contributed by atoms with Gasteiger partial charge in [-0.1, -0.05) is 23.9 Å². The third-order valence-corrected chi connectivity index (χ3v) is 5.08. The molecule has 0 aliphatic heterocycles. The summed E-state index contributed by atoms with van der Waals surface area (Å²) in [5.41, 5.74) is 4.58. The number of rotatable bonds is 4. The predicted octanol–water partition coefficient (Wildman–Crippen LogP) is 4.50. The van der Waals surface area contributed by atoms with Crippen LogP contribution in [0, 0.1) is 6.92 Å². The van der Waals surface area contributed by atoms with Gasteiger partial charge >= 0.3 is 0 Å².